The second kappa shape index (κ2) is 12.8. The van der Waals surface area contributed by atoms with Gasteiger partial charge in [0.05, 0.1) is 19.8 Å². The van der Waals surface area contributed by atoms with E-state index in [1.165, 1.54) is 5.01 Å². The molecule has 35 heavy (non-hydrogen) atoms. The summed E-state index contributed by atoms with van der Waals surface area (Å²) in [5, 5.41) is 4.16. The van der Waals surface area contributed by atoms with Crippen molar-refractivity contribution in [3.63, 3.8) is 0 Å². The summed E-state index contributed by atoms with van der Waals surface area (Å²) in [6.07, 6.45) is 4.62. The minimum absolute atomic E-state index is 0.124. The number of hydrogen-bond acceptors (Lipinski definition) is 7. The topological polar surface area (TPSA) is 92.4 Å². The minimum atomic E-state index is -0.547. The first-order valence-corrected chi connectivity index (χ1v) is 11.7. The number of carbonyl (C=O) groups excluding carboxylic acids is 2. The lowest BCUT2D eigenvalue weighted by Gasteiger charge is -2.30. The first kappa shape index (κ1) is 26.1. The zero-order chi connectivity index (χ0) is 25.2. The summed E-state index contributed by atoms with van der Waals surface area (Å²) < 4.78 is 16.4. The lowest BCUT2D eigenvalue weighted by atomic mass is 10.0. The molecule has 188 valence electrons. The van der Waals surface area contributed by atoms with Crippen LogP contribution in [0.1, 0.15) is 41.7 Å². The molecular formula is C26H34N4O5. The second-order valence-corrected chi connectivity index (χ2v) is 8.32. The largest absolute Gasteiger partial charge is 0.493 e. The summed E-state index contributed by atoms with van der Waals surface area (Å²) in [4.78, 5) is 27.3. The van der Waals surface area contributed by atoms with E-state index in [4.69, 9.17) is 14.2 Å². The van der Waals surface area contributed by atoms with Gasteiger partial charge in [0.15, 0.2) is 11.5 Å². The molecule has 3 rings (SSSR count). The maximum Gasteiger partial charge on any atom is 0.412 e. The van der Waals surface area contributed by atoms with Crippen molar-refractivity contribution >= 4 is 12.0 Å². The molecule has 2 amide bonds. The van der Waals surface area contributed by atoms with E-state index in [1.54, 1.807) is 37.6 Å². The highest BCUT2D eigenvalue weighted by atomic mass is 16.6. The lowest BCUT2D eigenvalue weighted by molar-refractivity contribution is 0.0712. The Morgan fingerprint density at radius 1 is 1.17 bits per heavy atom. The number of amides is 2. The van der Waals surface area contributed by atoms with E-state index in [0.717, 1.165) is 18.5 Å². The molecule has 2 aromatic carbocycles. The Labute approximate surface area is 206 Å². The molecule has 0 aromatic heterocycles. The summed E-state index contributed by atoms with van der Waals surface area (Å²) in [5.74, 6) is 1.36. The molecule has 1 heterocycles. The number of ether oxygens (including phenoxy) is 3. The number of nitrogens with one attached hydrogen (secondary N) is 2. The molecule has 1 aliphatic heterocycles. The van der Waals surface area contributed by atoms with Gasteiger partial charge in [-0.15, -0.1) is 0 Å². The molecule has 0 saturated carbocycles. The Morgan fingerprint density at radius 3 is 2.74 bits per heavy atom. The number of hydrogen-bond donors (Lipinski definition) is 2. The number of nitrogens with zero attached hydrogens (tertiary/aromatic N) is 2. The Morgan fingerprint density at radius 2 is 2.00 bits per heavy atom. The van der Waals surface area contributed by atoms with Gasteiger partial charge in [-0.1, -0.05) is 18.2 Å². The molecular weight excluding hydrogens is 448 g/mol. The van der Waals surface area contributed by atoms with Crippen molar-refractivity contribution in [1.82, 2.24) is 20.7 Å². The predicted octanol–water partition coefficient (Wildman–Crippen LogP) is 3.74. The van der Waals surface area contributed by atoms with Crippen LogP contribution in [0.2, 0.25) is 0 Å². The van der Waals surface area contributed by atoms with Gasteiger partial charge in [-0.2, -0.15) is 0 Å². The number of methoxy groups -OCH3 is 1. The van der Waals surface area contributed by atoms with Crippen molar-refractivity contribution < 1.29 is 23.8 Å². The van der Waals surface area contributed by atoms with E-state index in [0.29, 0.717) is 42.4 Å². The highest BCUT2D eigenvalue weighted by Gasteiger charge is 2.23. The van der Waals surface area contributed by atoms with E-state index >= 15 is 0 Å². The maximum absolute atomic E-state index is 13.2. The number of hydrazine groups is 1. The number of benzene rings is 2. The Kier molecular flexibility index (Phi) is 9.51. The Bertz CT molecular complexity index is 1040. The third kappa shape index (κ3) is 7.46. The fraction of sp³-hybridized carbons (Fsp3) is 0.385. The Hall–Kier alpha value is -3.56. The van der Waals surface area contributed by atoms with Crippen molar-refractivity contribution in [3.05, 3.63) is 65.9 Å². The third-order valence-electron chi connectivity index (χ3n) is 5.37. The molecule has 1 atom stereocenters. The molecule has 9 heteroatoms. The molecule has 1 aliphatic rings. The average Bonchev–Trinajstić information content (AvgIpc) is 2.86. The monoisotopic (exact) mass is 482 g/mol. The quantitative estimate of drug-likeness (QED) is 0.499. The molecule has 2 aromatic rings. The van der Waals surface area contributed by atoms with Crippen molar-refractivity contribution in [2.75, 3.05) is 40.9 Å². The summed E-state index contributed by atoms with van der Waals surface area (Å²) in [6.45, 7) is 3.82. The Balaban J connectivity index is 1.63. The van der Waals surface area contributed by atoms with Gasteiger partial charge >= 0.3 is 6.09 Å². The fourth-order valence-electron chi connectivity index (χ4n) is 3.64. The van der Waals surface area contributed by atoms with Crippen LogP contribution in [0.5, 0.6) is 17.2 Å². The van der Waals surface area contributed by atoms with Crippen LogP contribution in [0.25, 0.3) is 0 Å². The second-order valence-electron chi connectivity index (χ2n) is 8.32. The molecule has 0 bridgehead atoms. The summed E-state index contributed by atoms with van der Waals surface area (Å²) in [7, 11) is 5.56. The first-order chi connectivity index (χ1) is 16.9. The maximum atomic E-state index is 13.2. The molecule has 1 unspecified atom stereocenters. The first-order valence-electron chi connectivity index (χ1n) is 11.7. The van der Waals surface area contributed by atoms with Crippen LogP contribution in [0.3, 0.4) is 0 Å². The summed E-state index contributed by atoms with van der Waals surface area (Å²) in [5.41, 5.74) is 4.62. The van der Waals surface area contributed by atoms with Crippen LogP contribution in [0.4, 0.5) is 4.79 Å². The smallest absolute Gasteiger partial charge is 0.412 e. The predicted molar refractivity (Wildman–Crippen MR) is 134 cm³/mol. The van der Waals surface area contributed by atoms with Gasteiger partial charge in [-0.05, 0) is 76.3 Å². The van der Waals surface area contributed by atoms with Gasteiger partial charge in [0, 0.05) is 18.3 Å². The molecule has 0 radical (unpaired) electrons. The van der Waals surface area contributed by atoms with Gasteiger partial charge in [0.2, 0.25) is 0 Å². The van der Waals surface area contributed by atoms with Crippen LogP contribution in [0, 0.1) is 0 Å². The van der Waals surface area contributed by atoms with Gasteiger partial charge < -0.3 is 24.4 Å². The van der Waals surface area contributed by atoms with Crippen LogP contribution in [-0.2, 0) is 0 Å². The third-order valence-corrected chi connectivity index (χ3v) is 5.37. The van der Waals surface area contributed by atoms with E-state index < -0.39 is 6.09 Å². The van der Waals surface area contributed by atoms with Crippen LogP contribution in [0.15, 0.2) is 54.7 Å². The van der Waals surface area contributed by atoms with Crippen molar-refractivity contribution in [1.29, 1.82) is 0 Å². The summed E-state index contributed by atoms with van der Waals surface area (Å²) in [6, 6.07) is 12.2. The number of carbonyl (C=O) groups is 2. The van der Waals surface area contributed by atoms with Gasteiger partial charge in [0.25, 0.3) is 5.91 Å². The molecule has 2 N–H and O–H groups in total. The average molecular weight is 483 g/mol. The van der Waals surface area contributed by atoms with Crippen molar-refractivity contribution in [2.24, 2.45) is 0 Å². The summed E-state index contributed by atoms with van der Waals surface area (Å²) >= 11 is 0. The number of rotatable bonds is 10. The highest BCUT2D eigenvalue weighted by molar-refractivity contribution is 5.95. The van der Waals surface area contributed by atoms with E-state index in [9.17, 15) is 9.59 Å². The highest BCUT2D eigenvalue weighted by Crippen LogP contribution is 2.32. The normalized spacial score (nSPS) is 15.1. The van der Waals surface area contributed by atoms with E-state index in [-0.39, 0.29) is 11.9 Å². The molecule has 0 aliphatic carbocycles. The van der Waals surface area contributed by atoms with Gasteiger partial charge in [-0.25, -0.2) is 15.2 Å². The van der Waals surface area contributed by atoms with Gasteiger partial charge in [-0.3, -0.25) is 4.79 Å². The van der Waals surface area contributed by atoms with Crippen LogP contribution < -0.4 is 25.0 Å². The van der Waals surface area contributed by atoms with E-state index in [2.05, 4.69) is 10.7 Å². The molecule has 9 nitrogen and oxygen atoms in total. The fourth-order valence-corrected chi connectivity index (χ4v) is 3.64. The molecule has 0 saturated heterocycles. The van der Waals surface area contributed by atoms with Crippen molar-refractivity contribution in [3.8, 4) is 17.2 Å². The van der Waals surface area contributed by atoms with Crippen molar-refractivity contribution in [2.45, 2.75) is 25.8 Å². The van der Waals surface area contributed by atoms with E-state index in [1.807, 2.05) is 50.2 Å². The van der Waals surface area contributed by atoms with Crippen LogP contribution >= 0.6 is 0 Å². The minimum Gasteiger partial charge on any atom is -0.493 e. The molecule has 0 spiro atoms. The van der Waals surface area contributed by atoms with Crippen LogP contribution in [-0.4, -0.2) is 62.8 Å². The standard InChI is InChI=1S/C26H34N4O5/c1-5-34-24-18-19(12-13-23(24)33-4)22-11-7-16-30(28-22)25(31)20-9-6-10-21(17-20)35-26(32)27-14-8-15-29(2)3/h6-7,9-10,12-13,16-18,22,28H,5,8,11,14-15H2,1-4H3,(H,27,32). The zero-order valence-electron chi connectivity index (χ0n) is 20.7. The molecule has 0 fully saturated rings. The SMILES string of the molecule is CCOc1cc(C2CC=CN(C(=O)c3cccc(OC(=O)NCCCN(C)C)c3)N2)ccc1OC. The lowest BCUT2D eigenvalue weighted by Crippen LogP contribution is -2.43. The van der Waals surface area contributed by atoms with Gasteiger partial charge in [0.1, 0.15) is 5.75 Å². The zero-order valence-corrected chi connectivity index (χ0v) is 20.7.